The molecular formula is C17H27N. The van der Waals surface area contributed by atoms with Crippen LogP contribution >= 0.6 is 0 Å². The highest BCUT2D eigenvalue weighted by atomic mass is 14.9. The fourth-order valence-corrected chi connectivity index (χ4v) is 3.09. The van der Waals surface area contributed by atoms with E-state index in [0.29, 0.717) is 6.04 Å². The molecule has 1 heteroatoms. The Balaban J connectivity index is 1.79. The largest absolute Gasteiger partial charge is 0.317 e. The van der Waals surface area contributed by atoms with Crippen molar-refractivity contribution < 1.29 is 0 Å². The van der Waals surface area contributed by atoms with Crippen molar-refractivity contribution in [3.05, 3.63) is 35.4 Å². The van der Waals surface area contributed by atoms with E-state index in [1.54, 1.807) is 0 Å². The highest BCUT2D eigenvalue weighted by Crippen LogP contribution is 2.29. The molecule has 100 valence electrons. The van der Waals surface area contributed by atoms with Crippen molar-refractivity contribution in [3.63, 3.8) is 0 Å². The summed E-state index contributed by atoms with van der Waals surface area (Å²) in [4.78, 5) is 0. The minimum atomic E-state index is 0.647. The van der Waals surface area contributed by atoms with Gasteiger partial charge >= 0.3 is 0 Å². The zero-order valence-electron chi connectivity index (χ0n) is 11.9. The van der Waals surface area contributed by atoms with Gasteiger partial charge in [-0.1, -0.05) is 55.5 Å². The summed E-state index contributed by atoms with van der Waals surface area (Å²) >= 11 is 0. The maximum absolute atomic E-state index is 3.49. The second-order valence-corrected chi connectivity index (χ2v) is 5.90. The monoisotopic (exact) mass is 245 g/mol. The zero-order valence-corrected chi connectivity index (χ0v) is 11.9. The Bertz CT molecular complexity index is 335. The topological polar surface area (TPSA) is 12.0 Å². The van der Waals surface area contributed by atoms with Crippen LogP contribution in [0.1, 0.15) is 49.7 Å². The Hall–Kier alpha value is -0.820. The van der Waals surface area contributed by atoms with Gasteiger partial charge in [0, 0.05) is 6.04 Å². The lowest BCUT2D eigenvalue weighted by Crippen LogP contribution is -2.28. The predicted octanol–water partition coefficient (Wildman–Crippen LogP) is 4.10. The van der Waals surface area contributed by atoms with Gasteiger partial charge in [-0.2, -0.15) is 0 Å². The summed E-state index contributed by atoms with van der Waals surface area (Å²) in [6.45, 7) is 2.15. The van der Waals surface area contributed by atoms with Gasteiger partial charge in [0.2, 0.25) is 0 Å². The highest BCUT2D eigenvalue weighted by molar-refractivity contribution is 5.22. The second-order valence-electron chi connectivity index (χ2n) is 5.90. The summed E-state index contributed by atoms with van der Waals surface area (Å²) < 4.78 is 0. The molecule has 0 amide bonds. The van der Waals surface area contributed by atoms with Gasteiger partial charge in [-0.3, -0.25) is 0 Å². The van der Waals surface area contributed by atoms with Crippen molar-refractivity contribution >= 4 is 0 Å². The number of hydrogen-bond acceptors (Lipinski definition) is 1. The first-order valence-electron chi connectivity index (χ1n) is 7.50. The van der Waals surface area contributed by atoms with Crippen LogP contribution in [0, 0.1) is 12.8 Å². The molecule has 0 heterocycles. The molecule has 0 spiro atoms. The van der Waals surface area contributed by atoms with Crippen LogP contribution in [0.5, 0.6) is 0 Å². The average molecular weight is 245 g/mol. The molecule has 0 saturated heterocycles. The van der Waals surface area contributed by atoms with Crippen LogP contribution in [0.4, 0.5) is 0 Å². The van der Waals surface area contributed by atoms with Crippen LogP contribution in [0.25, 0.3) is 0 Å². The van der Waals surface area contributed by atoms with Gasteiger partial charge in [0.25, 0.3) is 0 Å². The van der Waals surface area contributed by atoms with Crippen LogP contribution in [-0.2, 0) is 6.42 Å². The molecular weight excluding hydrogens is 218 g/mol. The van der Waals surface area contributed by atoms with Gasteiger partial charge in [-0.15, -0.1) is 0 Å². The molecule has 1 unspecified atom stereocenters. The lowest BCUT2D eigenvalue weighted by atomic mass is 9.95. The van der Waals surface area contributed by atoms with Crippen molar-refractivity contribution in [1.82, 2.24) is 5.32 Å². The standard InChI is InChI=1S/C17H27N/c1-14-7-9-16(10-8-14)13-17(18-2)12-11-15-5-3-4-6-15/h7-10,15,17-18H,3-6,11-13H2,1-2H3. The SMILES string of the molecule is CNC(CCC1CCCC1)Cc1ccc(C)cc1. The van der Waals surface area contributed by atoms with Gasteiger partial charge < -0.3 is 5.32 Å². The molecule has 1 fully saturated rings. The molecule has 1 aliphatic carbocycles. The van der Waals surface area contributed by atoms with Gasteiger partial charge in [-0.05, 0) is 44.7 Å². The Morgan fingerprint density at radius 3 is 2.44 bits per heavy atom. The Labute approximate surface area is 112 Å². The molecule has 1 nitrogen and oxygen atoms in total. The van der Waals surface area contributed by atoms with E-state index >= 15 is 0 Å². The molecule has 18 heavy (non-hydrogen) atoms. The molecule has 0 aliphatic heterocycles. The van der Waals surface area contributed by atoms with E-state index in [4.69, 9.17) is 0 Å². The molecule has 1 aliphatic rings. The normalized spacial score (nSPS) is 18.1. The van der Waals surface area contributed by atoms with E-state index in [1.165, 1.54) is 56.1 Å². The molecule has 1 N–H and O–H groups in total. The lowest BCUT2D eigenvalue weighted by molar-refractivity contribution is 0.418. The number of nitrogens with one attached hydrogen (secondary N) is 1. The molecule has 1 aromatic rings. The Morgan fingerprint density at radius 1 is 1.17 bits per heavy atom. The Morgan fingerprint density at radius 2 is 1.83 bits per heavy atom. The van der Waals surface area contributed by atoms with E-state index in [9.17, 15) is 0 Å². The first-order valence-corrected chi connectivity index (χ1v) is 7.50. The Kier molecular flexibility index (Phi) is 5.25. The molecule has 0 radical (unpaired) electrons. The first-order chi connectivity index (χ1) is 8.78. The summed E-state index contributed by atoms with van der Waals surface area (Å²) in [6, 6.07) is 9.64. The van der Waals surface area contributed by atoms with Crippen molar-refractivity contribution in [1.29, 1.82) is 0 Å². The average Bonchev–Trinajstić information content (AvgIpc) is 2.90. The first kappa shape index (κ1) is 13.6. The fraction of sp³-hybridized carbons (Fsp3) is 0.647. The van der Waals surface area contributed by atoms with Gasteiger partial charge in [0.1, 0.15) is 0 Å². The maximum atomic E-state index is 3.49. The smallest absolute Gasteiger partial charge is 0.0105 e. The van der Waals surface area contributed by atoms with Crippen LogP contribution < -0.4 is 5.32 Å². The third kappa shape index (κ3) is 4.13. The van der Waals surface area contributed by atoms with Crippen LogP contribution in [0.3, 0.4) is 0 Å². The minimum absolute atomic E-state index is 0.647. The molecule has 0 aromatic heterocycles. The van der Waals surface area contributed by atoms with E-state index in [1.807, 2.05) is 0 Å². The molecule has 2 rings (SSSR count). The van der Waals surface area contributed by atoms with E-state index in [2.05, 4.69) is 43.6 Å². The van der Waals surface area contributed by atoms with E-state index < -0.39 is 0 Å². The van der Waals surface area contributed by atoms with Gasteiger partial charge in [0.15, 0.2) is 0 Å². The van der Waals surface area contributed by atoms with Gasteiger partial charge in [0.05, 0.1) is 0 Å². The third-order valence-electron chi connectivity index (χ3n) is 4.41. The van der Waals surface area contributed by atoms with Crippen molar-refractivity contribution in [2.24, 2.45) is 5.92 Å². The quantitative estimate of drug-likeness (QED) is 0.796. The number of aryl methyl sites for hydroxylation is 1. The highest BCUT2D eigenvalue weighted by Gasteiger charge is 2.16. The van der Waals surface area contributed by atoms with E-state index in [-0.39, 0.29) is 0 Å². The molecule has 1 atom stereocenters. The van der Waals surface area contributed by atoms with Crippen molar-refractivity contribution in [2.45, 2.75) is 57.9 Å². The summed E-state index contributed by atoms with van der Waals surface area (Å²) in [5.41, 5.74) is 2.82. The zero-order chi connectivity index (χ0) is 12.8. The number of hydrogen-bond donors (Lipinski definition) is 1. The second kappa shape index (κ2) is 6.94. The lowest BCUT2D eigenvalue weighted by Gasteiger charge is -2.18. The predicted molar refractivity (Wildman–Crippen MR) is 78.9 cm³/mol. The maximum Gasteiger partial charge on any atom is 0.0105 e. The summed E-state index contributed by atoms with van der Waals surface area (Å²) in [5.74, 6) is 1.01. The summed E-state index contributed by atoms with van der Waals surface area (Å²) in [7, 11) is 2.10. The number of rotatable bonds is 6. The van der Waals surface area contributed by atoms with Crippen molar-refractivity contribution in [2.75, 3.05) is 7.05 Å². The van der Waals surface area contributed by atoms with Crippen molar-refractivity contribution in [3.8, 4) is 0 Å². The summed E-state index contributed by atoms with van der Waals surface area (Å²) in [5, 5.41) is 3.49. The van der Waals surface area contributed by atoms with E-state index in [0.717, 1.165) is 5.92 Å². The fourth-order valence-electron chi connectivity index (χ4n) is 3.09. The van der Waals surface area contributed by atoms with Gasteiger partial charge in [-0.25, -0.2) is 0 Å². The van der Waals surface area contributed by atoms with Crippen LogP contribution in [-0.4, -0.2) is 13.1 Å². The van der Waals surface area contributed by atoms with Crippen LogP contribution in [0.15, 0.2) is 24.3 Å². The minimum Gasteiger partial charge on any atom is -0.317 e. The molecule has 1 saturated carbocycles. The number of likely N-dealkylation sites (N-methyl/N-ethyl adjacent to an activating group) is 1. The third-order valence-corrected chi connectivity index (χ3v) is 4.41. The molecule has 1 aromatic carbocycles. The molecule has 0 bridgehead atoms. The summed E-state index contributed by atoms with van der Waals surface area (Å²) in [6.07, 6.45) is 9.79. The number of benzene rings is 1. The van der Waals surface area contributed by atoms with Crippen LogP contribution in [0.2, 0.25) is 0 Å².